The van der Waals surface area contributed by atoms with Crippen LogP contribution < -0.4 is 11.5 Å². The summed E-state index contributed by atoms with van der Waals surface area (Å²) in [4.78, 5) is 12.4. The Bertz CT molecular complexity index is 1430. The first-order valence-electron chi connectivity index (χ1n) is 10.4. The van der Waals surface area contributed by atoms with Gasteiger partial charge in [-0.25, -0.2) is 19.3 Å². The Kier molecular flexibility index (Phi) is 5.00. The van der Waals surface area contributed by atoms with Crippen LogP contribution in [0.4, 0.5) is 16.0 Å². The van der Waals surface area contributed by atoms with Crippen molar-refractivity contribution in [3.63, 3.8) is 0 Å². The van der Waals surface area contributed by atoms with Crippen LogP contribution in [0.1, 0.15) is 24.9 Å². The lowest BCUT2D eigenvalue weighted by atomic mass is 9.90. The Balaban J connectivity index is 1.45. The third-order valence-corrected chi connectivity index (χ3v) is 6.69. The lowest BCUT2D eigenvalue weighted by Gasteiger charge is -2.28. The van der Waals surface area contributed by atoms with Crippen LogP contribution in [0.3, 0.4) is 0 Å². The number of aromatic nitrogens is 4. The fourth-order valence-electron chi connectivity index (χ4n) is 4.49. The molecule has 8 nitrogen and oxygen atoms in total. The first kappa shape index (κ1) is 21.6. The molecule has 0 amide bonds. The first-order chi connectivity index (χ1) is 15.7. The number of fused-ring (bicyclic) bond motifs is 2. The topological polar surface area (TPSA) is 136 Å². The lowest BCUT2D eigenvalue weighted by molar-refractivity contribution is -0.0393. The maximum Gasteiger partial charge on any atom is 0.146 e. The first-order valence-corrected chi connectivity index (χ1v) is 10.8. The van der Waals surface area contributed by atoms with Gasteiger partial charge in [0.2, 0.25) is 0 Å². The lowest BCUT2D eigenvalue weighted by Crippen LogP contribution is -2.40. The summed E-state index contributed by atoms with van der Waals surface area (Å²) < 4.78 is 16.4. The SMILES string of the molecule is C[C@@]1(O)C(CCc2cc(F)c3cc(Cl)c(N)nc3c2)=C[C@@H](n2ccc3c(N)ncnc32)[C@@H]1O. The third-order valence-electron chi connectivity index (χ3n) is 6.39. The van der Waals surface area contributed by atoms with Crippen molar-refractivity contribution in [1.82, 2.24) is 19.5 Å². The third kappa shape index (κ3) is 3.49. The van der Waals surface area contributed by atoms with Crippen molar-refractivity contribution in [1.29, 1.82) is 0 Å². The number of aryl methyl sites for hydroxylation is 1. The molecule has 0 unspecified atom stereocenters. The van der Waals surface area contributed by atoms with Gasteiger partial charge in [0.15, 0.2) is 0 Å². The molecule has 0 radical (unpaired) electrons. The summed E-state index contributed by atoms with van der Waals surface area (Å²) in [5.74, 6) is 0.0330. The van der Waals surface area contributed by atoms with Crippen LogP contribution >= 0.6 is 11.6 Å². The minimum atomic E-state index is -1.47. The standard InChI is InChI=1S/C23H22ClFN6O2/c1-23(33)12(3-2-11-6-16(25)14-9-15(24)21(27)30-17(14)7-11)8-18(19(23)32)31-5-4-13-20(26)28-10-29-22(13)31/h4-10,18-19,32-33H,2-3H2,1H3,(H2,27,30)(H2,26,28,29)/t18-,19+,23-/m1/s1. The van der Waals surface area contributed by atoms with Crippen molar-refractivity contribution in [3.05, 3.63) is 64.8 Å². The highest BCUT2D eigenvalue weighted by Gasteiger charge is 2.45. The monoisotopic (exact) mass is 468 g/mol. The molecule has 3 heterocycles. The normalized spacial score (nSPS) is 22.9. The summed E-state index contributed by atoms with van der Waals surface area (Å²) in [6.45, 7) is 1.57. The van der Waals surface area contributed by atoms with Gasteiger partial charge in [-0.05, 0) is 55.2 Å². The van der Waals surface area contributed by atoms with Crippen LogP contribution in [-0.4, -0.2) is 41.4 Å². The van der Waals surface area contributed by atoms with Gasteiger partial charge in [0.05, 0.1) is 22.0 Å². The molecule has 10 heteroatoms. The van der Waals surface area contributed by atoms with E-state index in [-0.39, 0.29) is 10.8 Å². The molecule has 3 atom stereocenters. The summed E-state index contributed by atoms with van der Waals surface area (Å²) in [5.41, 5.74) is 12.5. The zero-order valence-electron chi connectivity index (χ0n) is 17.7. The van der Waals surface area contributed by atoms with E-state index in [2.05, 4.69) is 15.0 Å². The predicted octanol–water partition coefficient (Wildman–Crippen LogP) is 3.16. The molecule has 0 saturated heterocycles. The van der Waals surface area contributed by atoms with Crippen molar-refractivity contribution in [2.45, 2.75) is 37.5 Å². The van der Waals surface area contributed by atoms with Crippen molar-refractivity contribution in [2.75, 3.05) is 11.5 Å². The number of hydrogen-bond donors (Lipinski definition) is 4. The van der Waals surface area contributed by atoms with Crippen molar-refractivity contribution in [3.8, 4) is 0 Å². The molecule has 5 rings (SSSR count). The van der Waals surface area contributed by atoms with Gasteiger partial charge < -0.3 is 26.2 Å². The summed E-state index contributed by atoms with van der Waals surface area (Å²) in [6.07, 6.45) is 4.69. The quantitative estimate of drug-likeness (QED) is 0.338. The summed E-state index contributed by atoms with van der Waals surface area (Å²) in [6, 6.07) is 5.87. The van der Waals surface area contributed by atoms with E-state index in [1.807, 2.05) is 6.08 Å². The van der Waals surface area contributed by atoms with E-state index < -0.39 is 23.6 Å². The van der Waals surface area contributed by atoms with E-state index >= 15 is 0 Å². The fourth-order valence-corrected chi connectivity index (χ4v) is 4.64. The highest BCUT2D eigenvalue weighted by molar-refractivity contribution is 6.33. The average molecular weight is 469 g/mol. The fraction of sp³-hybridized carbons (Fsp3) is 0.261. The number of benzene rings is 1. The molecular weight excluding hydrogens is 447 g/mol. The molecule has 0 spiro atoms. The van der Waals surface area contributed by atoms with Gasteiger partial charge in [-0.15, -0.1) is 0 Å². The number of anilines is 2. The van der Waals surface area contributed by atoms with Crippen molar-refractivity contribution < 1.29 is 14.6 Å². The second-order valence-corrected chi connectivity index (χ2v) is 8.90. The molecule has 1 aromatic carbocycles. The molecule has 0 aliphatic heterocycles. The number of halogens is 2. The largest absolute Gasteiger partial charge is 0.387 e. The summed E-state index contributed by atoms with van der Waals surface area (Å²) in [7, 11) is 0. The van der Waals surface area contributed by atoms with Gasteiger partial charge in [0.25, 0.3) is 0 Å². The molecule has 0 saturated carbocycles. The Morgan fingerprint density at radius 2 is 1.94 bits per heavy atom. The van der Waals surface area contributed by atoms with E-state index in [1.165, 1.54) is 18.5 Å². The molecular formula is C23H22ClFN6O2. The number of aliphatic hydroxyl groups excluding tert-OH is 1. The van der Waals surface area contributed by atoms with Gasteiger partial charge in [0.1, 0.15) is 41.1 Å². The summed E-state index contributed by atoms with van der Waals surface area (Å²) in [5, 5.41) is 23.2. The van der Waals surface area contributed by atoms with Gasteiger partial charge in [0, 0.05) is 11.6 Å². The number of nitrogens with two attached hydrogens (primary N) is 2. The van der Waals surface area contributed by atoms with Gasteiger partial charge >= 0.3 is 0 Å². The molecule has 4 aromatic rings. The predicted molar refractivity (Wildman–Crippen MR) is 125 cm³/mol. The molecule has 1 aliphatic carbocycles. The van der Waals surface area contributed by atoms with Gasteiger partial charge in [-0.2, -0.15) is 0 Å². The number of nitrogens with zero attached hydrogens (tertiary/aromatic N) is 4. The van der Waals surface area contributed by atoms with Crippen LogP contribution in [0.5, 0.6) is 0 Å². The van der Waals surface area contributed by atoms with Crippen LogP contribution in [0.15, 0.2) is 48.4 Å². The molecule has 1 aliphatic rings. The Hall–Kier alpha value is -3.27. The van der Waals surface area contributed by atoms with Crippen molar-refractivity contribution in [2.24, 2.45) is 0 Å². The molecule has 0 fully saturated rings. The van der Waals surface area contributed by atoms with Gasteiger partial charge in [-0.3, -0.25) is 0 Å². The second-order valence-electron chi connectivity index (χ2n) is 8.49. The van der Waals surface area contributed by atoms with Gasteiger partial charge in [-0.1, -0.05) is 17.7 Å². The molecule has 170 valence electrons. The highest BCUT2D eigenvalue weighted by atomic mass is 35.5. The van der Waals surface area contributed by atoms with E-state index in [4.69, 9.17) is 23.1 Å². The smallest absolute Gasteiger partial charge is 0.146 e. The number of nitrogen functional groups attached to an aromatic ring is 2. The minimum Gasteiger partial charge on any atom is -0.387 e. The zero-order valence-corrected chi connectivity index (χ0v) is 18.5. The number of rotatable bonds is 4. The number of hydrogen-bond acceptors (Lipinski definition) is 7. The Morgan fingerprint density at radius 3 is 2.73 bits per heavy atom. The molecule has 6 N–H and O–H groups in total. The Morgan fingerprint density at radius 1 is 1.15 bits per heavy atom. The molecule has 33 heavy (non-hydrogen) atoms. The Labute approximate surface area is 193 Å². The van der Waals surface area contributed by atoms with Crippen LogP contribution in [-0.2, 0) is 6.42 Å². The molecule has 0 bridgehead atoms. The number of pyridine rings is 1. The molecule has 3 aromatic heterocycles. The number of aliphatic hydroxyl groups is 2. The highest BCUT2D eigenvalue weighted by Crippen LogP contribution is 2.41. The van der Waals surface area contributed by atoms with Crippen molar-refractivity contribution >= 4 is 45.2 Å². The zero-order chi connectivity index (χ0) is 23.5. The van der Waals surface area contributed by atoms with E-state index in [0.717, 1.165) is 0 Å². The maximum absolute atomic E-state index is 14.6. The average Bonchev–Trinajstić information content (AvgIpc) is 3.28. The summed E-state index contributed by atoms with van der Waals surface area (Å²) >= 11 is 5.96. The van der Waals surface area contributed by atoms with E-state index in [9.17, 15) is 14.6 Å². The van der Waals surface area contributed by atoms with E-state index in [0.29, 0.717) is 51.7 Å². The van der Waals surface area contributed by atoms with Crippen LogP contribution in [0.2, 0.25) is 5.02 Å². The van der Waals surface area contributed by atoms with E-state index in [1.54, 1.807) is 29.8 Å². The maximum atomic E-state index is 14.6. The minimum absolute atomic E-state index is 0.136. The van der Waals surface area contributed by atoms with Crippen LogP contribution in [0, 0.1) is 5.82 Å². The van der Waals surface area contributed by atoms with Crippen LogP contribution in [0.25, 0.3) is 21.9 Å². The second kappa shape index (κ2) is 7.65.